The van der Waals surface area contributed by atoms with E-state index in [0.717, 1.165) is 11.6 Å². The number of Topliss-reactive ketones (excluding diaryl/α,β-unsaturated/α-hetero) is 1. The summed E-state index contributed by atoms with van der Waals surface area (Å²) in [7, 11) is 0. The quantitative estimate of drug-likeness (QED) is 0.443. The van der Waals surface area contributed by atoms with Gasteiger partial charge in [-0.1, -0.05) is 0 Å². The number of aliphatic hydroxyl groups excluding tert-OH is 1. The minimum absolute atomic E-state index is 0.00285. The van der Waals surface area contributed by atoms with Gasteiger partial charge >= 0.3 is 0 Å². The highest BCUT2D eigenvalue weighted by Gasteiger charge is 2.48. The topological polar surface area (TPSA) is 137 Å². The molecular formula is C25H26O8. The number of hydrogen-bond donors (Lipinski definition) is 5. The van der Waals surface area contributed by atoms with Crippen LogP contribution in [-0.2, 0) is 0 Å². The fourth-order valence-corrected chi connectivity index (χ4v) is 5.19. The molecule has 0 spiro atoms. The van der Waals surface area contributed by atoms with Crippen molar-refractivity contribution in [2.45, 2.75) is 63.4 Å². The van der Waals surface area contributed by atoms with E-state index >= 15 is 0 Å². The summed E-state index contributed by atoms with van der Waals surface area (Å²) in [5.74, 6) is -0.582. The number of phenols is 3. The first-order valence-electron chi connectivity index (χ1n) is 10.8. The Hall–Kier alpha value is -3.23. The van der Waals surface area contributed by atoms with Crippen LogP contribution in [-0.4, -0.2) is 48.6 Å². The van der Waals surface area contributed by atoms with Gasteiger partial charge in [0, 0.05) is 28.8 Å². The molecule has 3 aliphatic rings. The van der Waals surface area contributed by atoms with E-state index < -0.39 is 23.4 Å². The van der Waals surface area contributed by atoms with E-state index in [1.54, 1.807) is 13.0 Å². The maximum Gasteiger partial charge on any atom is 0.174 e. The molecule has 0 saturated heterocycles. The number of fused-ring (bicyclic) bond motifs is 3. The predicted molar refractivity (Wildman–Crippen MR) is 118 cm³/mol. The molecule has 0 fully saturated rings. The number of phenolic OH excluding ortho intramolecular Hbond substituents is 3. The Morgan fingerprint density at radius 1 is 1.00 bits per heavy atom. The molecule has 8 nitrogen and oxygen atoms in total. The maximum atomic E-state index is 12.7. The van der Waals surface area contributed by atoms with Crippen molar-refractivity contribution in [1.82, 2.24) is 0 Å². The third kappa shape index (κ3) is 3.24. The summed E-state index contributed by atoms with van der Waals surface area (Å²) in [6, 6.07) is 5.49. The third-order valence-electron chi connectivity index (χ3n) is 6.87. The number of aliphatic hydroxyl groups is 2. The smallest absolute Gasteiger partial charge is 0.174 e. The molecular weight excluding hydrogens is 428 g/mol. The van der Waals surface area contributed by atoms with Crippen LogP contribution in [0.1, 0.15) is 67.6 Å². The molecule has 0 saturated carbocycles. The fraction of sp³-hybridized carbons (Fsp3) is 0.400. The monoisotopic (exact) mass is 454 g/mol. The Bertz CT molecular complexity index is 1220. The molecule has 1 aliphatic carbocycles. The highest BCUT2D eigenvalue weighted by Crippen LogP contribution is 2.52. The molecule has 2 aromatic rings. The van der Waals surface area contributed by atoms with E-state index in [1.807, 2.05) is 13.8 Å². The van der Waals surface area contributed by atoms with E-state index in [4.69, 9.17) is 9.47 Å². The summed E-state index contributed by atoms with van der Waals surface area (Å²) in [4.78, 5) is 12.7. The molecule has 2 heterocycles. The molecule has 0 radical (unpaired) electrons. The molecule has 5 rings (SSSR count). The first-order chi connectivity index (χ1) is 15.4. The lowest BCUT2D eigenvalue weighted by atomic mass is 9.70. The summed E-state index contributed by atoms with van der Waals surface area (Å²) in [6.07, 6.45) is -1.22. The lowest BCUT2D eigenvalue weighted by molar-refractivity contribution is -0.0667. The fourth-order valence-electron chi connectivity index (χ4n) is 5.19. The Kier molecular flexibility index (Phi) is 4.51. The van der Waals surface area contributed by atoms with Crippen LogP contribution in [0.4, 0.5) is 0 Å². The molecule has 0 bridgehead atoms. The molecule has 2 aliphatic heterocycles. The SMILES string of the molecule is CC1(C)Oc2cc([C@@H]3CC(=O)c4c(O)cc(O)cc4O3)c(O)cc2C2=C1[C@@H](O)[C@@](C)(O)CC2. The maximum absolute atomic E-state index is 12.7. The van der Waals surface area contributed by atoms with Crippen molar-refractivity contribution < 1.29 is 39.8 Å². The van der Waals surface area contributed by atoms with Crippen molar-refractivity contribution in [3.63, 3.8) is 0 Å². The molecule has 5 N–H and O–H groups in total. The summed E-state index contributed by atoms with van der Waals surface area (Å²) in [5.41, 5.74) is 0.173. The van der Waals surface area contributed by atoms with Gasteiger partial charge in [0.05, 0.1) is 12.0 Å². The Balaban J connectivity index is 1.59. The van der Waals surface area contributed by atoms with Crippen LogP contribution < -0.4 is 9.47 Å². The molecule has 8 heteroatoms. The van der Waals surface area contributed by atoms with Gasteiger partial charge in [0.15, 0.2) is 5.78 Å². The second-order valence-corrected chi connectivity index (χ2v) is 9.74. The largest absolute Gasteiger partial charge is 0.508 e. The van der Waals surface area contributed by atoms with E-state index in [0.29, 0.717) is 35.3 Å². The molecule has 33 heavy (non-hydrogen) atoms. The minimum atomic E-state index is -1.28. The zero-order valence-corrected chi connectivity index (χ0v) is 18.5. The summed E-state index contributed by atoms with van der Waals surface area (Å²) < 4.78 is 12.1. The summed E-state index contributed by atoms with van der Waals surface area (Å²) in [5, 5.41) is 52.1. The van der Waals surface area contributed by atoms with Crippen molar-refractivity contribution in [1.29, 1.82) is 0 Å². The Morgan fingerprint density at radius 3 is 2.45 bits per heavy atom. The number of carbonyl (C=O) groups excluding carboxylic acids is 1. The summed E-state index contributed by atoms with van der Waals surface area (Å²) in [6.45, 7) is 5.22. The molecule has 0 unspecified atom stereocenters. The van der Waals surface area contributed by atoms with Crippen molar-refractivity contribution >= 4 is 11.4 Å². The van der Waals surface area contributed by atoms with Crippen LogP contribution in [0.25, 0.3) is 5.57 Å². The van der Waals surface area contributed by atoms with Gasteiger partial charge < -0.3 is 35.0 Å². The summed E-state index contributed by atoms with van der Waals surface area (Å²) >= 11 is 0. The zero-order chi connectivity index (χ0) is 23.9. The van der Waals surface area contributed by atoms with Crippen LogP contribution in [0.3, 0.4) is 0 Å². The van der Waals surface area contributed by atoms with Crippen molar-refractivity contribution in [3.8, 4) is 28.7 Å². The number of allylic oxidation sites excluding steroid dienone is 1. The molecule has 2 aromatic carbocycles. The van der Waals surface area contributed by atoms with E-state index in [9.17, 15) is 30.3 Å². The normalized spacial score (nSPS) is 27.7. The predicted octanol–water partition coefficient (Wildman–Crippen LogP) is 3.34. The molecule has 3 atom stereocenters. The number of ether oxygens (including phenoxy) is 2. The van der Waals surface area contributed by atoms with Crippen molar-refractivity contribution in [2.24, 2.45) is 0 Å². The van der Waals surface area contributed by atoms with Crippen LogP contribution >= 0.6 is 0 Å². The number of hydrogen-bond acceptors (Lipinski definition) is 8. The second-order valence-electron chi connectivity index (χ2n) is 9.74. The van der Waals surface area contributed by atoms with E-state index in [1.165, 1.54) is 12.1 Å². The highest BCUT2D eigenvalue weighted by molar-refractivity contribution is 6.02. The van der Waals surface area contributed by atoms with E-state index in [2.05, 4.69) is 0 Å². The van der Waals surface area contributed by atoms with Crippen LogP contribution in [0, 0.1) is 0 Å². The van der Waals surface area contributed by atoms with Gasteiger partial charge in [0.2, 0.25) is 0 Å². The minimum Gasteiger partial charge on any atom is -0.508 e. The van der Waals surface area contributed by atoms with Gasteiger partial charge in [-0.15, -0.1) is 0 Å². The van der Waals surface area contributed by atoms with Crippen LogP contribution in [0.2, 0.25) is 0 Å². The molecule has 0 aromatic heterocycles. The van der Waals surface area contributed by atoms with Gasteiger partial charge in [0.1, 0.15) is 52.1 Å². The van der Waals surface area contributed by atoms with Crippen molar-refractivity contribution in [2.75, 3.05) is 0 Å². The number of rotatable bonds is 1. The first-order valence-corrected chi connectivity index (χ1v) is 10.8. The lowest BCUT2D eigenvalue weighted by Gasteiger charge is -2.46. The standard InChI is InChI=1S/C25H26O8/c1-24(2)22-12(4-5-25(3,31)23(22)30)13-8-15(27)14(9-19(13)33-24)18-10-17(29)21-16(28)6-11(26)7-20(21)32-18/h6-9,18,23,26-28,30-31H,4-5,10H2,1-3H3/t18-,23+,25-/m0/s1. The number of ketones is 1. The first kappa shape index (κ1) is 21.6. The van der Waals surface area contributed by atoms with Gasteiger partial charge in [-0.3, -0.25) is 4.79 Å². The van der Waals surface area contributed by atoms with Gasteiger partial charge in [0.25, 0.3) is 0 Å². The van der Waals surface area contributed by atoms with Crippen LogP contribution in [0.5, 0.6) is 28.7 Å². The Labute approximate surface area is 190 Å². The van der Waals surface area contributed by atoms with Gasteiger partial charge in [-0.05, 0) is 51.3 Å². The number of aromatic hydroxyl groups is 3. The lowest BCUT2D eigenvalue weighted by Crippen LogP contribution is -2.51. The average molecular weight is 454 g/mol. The van der Waals surface area contributed by atoms with Crippen LogP contribution in [0.15, 0.2) is 29.8 Å². The third-order valence-corrected chi connectivity index (χ3v) is 6.87. The molecule has 0 amide bonds. The number of benzene rings is 2. The van der Waals surface area contributed by atoms with Gasteiger partial charge in [-0.25, -0.2) is 0 Å². The van der Waals surface area contributed by atoms with Crippen molar-refractivity contribution in [3.05, 3.63) is 46.5 Å². The average Bonchev–Trinajstić information content (AvgIpc) is 2.69. The van der Waals surface area contributed by atoms with E-state index in [-0.39, 0.29) is 40.8 Å². The zero-order valence-electron chi connectivity index (χ0n) is 18.5. The van der Waals surface area contributed by atoms with Gasteiger partial charge in [-0.2, -0.15) is 0 Å². The molecule has 174 valence electrons. The second kappa shape index (κ2) is 6.88. The number of carbonyl (C=O) groups is 1. The highest BCUT2D eigenvalue weighted by atomic mass is 16.5. The Morgan fingerprint density at radius 2 is 1.73 bits per heavy atom.